The number of hydrogen-bond acceptors (Lipinski definition) is 3. The third-order valence-electron chi connectivity index (χ3n) is 4.92. The van der Waals surface area contributed by atoms with Gasteiger partial charge in [-0.3, -0.25) is 9.59 Å². The highest BCUT2D eigenvalue weighted by Gasteiger charge is 2.57. The fourth-order valence-corrected chi connectivity index (χ4v) is 3.38. The molecule has 23 heavy (non-hydrogen) atoms. The summed E-state index contributed by atoms with van der Waals surface area (Å²) in [6.45, 7) is 2.77. The zero-order valence-corrected chi connectivity index (χ0v) is 13.0. The summed E-state index contributed by atoms with van der Waals surface area (Å²) in [7, 11) is 0. The lowest BCUT2D eigenvalue weighted by Gasteiger charge is -2.23. The molecule has 1 aliphatic heterocycles. The smallest absolute Gasteiger partial charge is 0.251 e. The first kappa shape index (κ1) is 15.9. The third kappa shape index (κ3) is 3.69. The lowest BCUT2D eigenvalue weighted by molar-refractivity contribution is -0.123. The Hall–Kier alpha value is -1.95. The number of piperidine rings is 1. The molecule has 1 spiro atoms. The number of rotatable bonds is 5. The van der Waals surface area contributed by atoms with E-state index in [1.54, 1.807) is 0 Å². The number of benzene rings is 1. The molecule has 1 aliphatic carbocycles. The summed E-state index contributed by atoms with van der Waals surface area (Å²) in [6.07, 6.45) is 3.14. The van der Waals surface area contributed by atoms with Crippen LogP contribution in [0, 0.1) is 17.2 Å². The van der Waals surface area contributed by atoms with Crippen LogP contribution in [0.15, 0.2) is 24.3 Å². The number of halogens is 1. The SMILES string of the molecule is O=C(NCCNC(=O)[C@H]1CC12CCNCC2)c1ccc(F)cc1. The van der Waals surface area contributed by atoms with Crippen molar-refractivity contribution in [1.82, 2.24) is 16.0 Å². The maximum Gasteiger partial charge on any atom is 0.251 e. The van der Waals surface area contributed by atoms with Crippen LogP contribution in [0.1, 0.15) is 29.6 Å². The minimum Gasteiger partial charge on any atom is -0.354 e. The quantitative estimate of drug-likeness (QED) is 0.711. The summed E-state index contributed by atoms with van der Waals surface area (Å²) in [5.74, 6) is -0.397. The van der Waals surface area contributed by atoms with Crippen LogP contribution in [0.5, 0.6) is 0 Å². The summed E-state index contributed by atoms with van der Waals surface area (Å²) in [4.78, 5) is 24.0. The van der Waals surface area contributed by atoms with Gasteiger partial charge in [-0.2, -0.15) is 0 Å². The molecule has 1 saturated heterocycles. The number of nitrogens with one attached hydrogen (secondary N) is 3. The van der Waals surface area contributed by atoms with Crippen LogP contribution in [0.4, 0.5) is 4.39 Å². The van der Waals surface area contributed by atoms with E-state index in [0.29, 0.717) is 18.7 Å². The van der Waals surface area contributed by atoms with Gasteiger partial charge in [-0.25, -0.2) is 4.39 Å². The molecule has 0 bridgehead atoms. The van der Waals surface area contributed by atoms with E-state index in [1.807, 2.05) is 0 Å². The molecule has 0 aromatic heterocycles. The van der Waals surface area contributed by atoms with Crippen molar-refractivity contribution in [2.24, 2.45) is 11.3 Å². The van der Waals surface area contributed by atoms with Gasteiger partial charge in [0.15, 0.2) is 0 Å². The molecular weight excluding hydrogens is 297 g/mol. The van der Waals surface area contributed by atoms with Gasteiger partial charge in [0.1, 0.15) is 5.82 Å². The molecule has 1 heterocycles. The topological polar surface area (TPSA) is 70.2 Å². The Morgan fingerprint density at radius 1 is 1.13 bits per heavy atom. The Morgan fingerprint density at radius 3 is 2.48 bits per heavy atom. The first-order valence-electron chi connectivity index (χ1n) is 8.13. The van der Waals surface area contributed by atoms with Crippen molar-refractivity contribution in [3.63, 3.8) is 0 Å². The van der Waals surface area contributed by atoms with Crippen LogP contribution >= 0.6 is 0 Å². The van der Waals surface area contributed by atoms with Crippen LogP contribution in [-0.2, 0) is 4.79 Å². The maximum atomic E-state index is 12.8. The summed E-state index contributed by atoms with van der Waals surface area (Å²) in [6, 6.07) is 5.38. The van der Waals surface area contributed by atoms with Crippen LogP contribution in [0.2, 0.25) is 0 Å². The molecule has 3 N–H and O–H groups in total. The molecule has 3 rings (SSSR count). The normalized spacial score (nSPS) is 21.7. The van der Waals surface area contributed by atoms with E-state index in [-0.39, 0.29) is 29.0 Å². The van der Waals surface area contributed by atoms with Gasteiger partial charge in [0.05, 0.1) is 0 Å². The number of carbonyl (C=O) groups excluding carboxylic acids is 2. The first-order valence-corrected chi connectivity index (χ1v) is 8.13. The van der Waals surface area contributed by atoms with Crippen molar-refractivity contribution in [3.05, 3.63) is 35.6 Å². The predicted octanol–water partition coefficient (Wildman–Crippen LogP) is 1.06. The van der Waals surface area contributed by atoms with E-state index < -0.39 is 0 Å². The predicted molar refractivity (Wildman–Crippen MR) is 84.4 cm³/mol. The van der Waals surface area contributed by atoms with E-state index in [4.69, 9.17) is 0 Å². The molecule has 1 saturated carbocycles. The molecule has 0 unspecified atom stereocenters. The van der Waals surface area contributed by atoms with Gasteiger partial charge in [-0.15, -0.1) is 0 Å². The van der Waals surface area contributed by atoms with Crippen molar-refractivity contribution in [3.8, 4) is 0 Å². The average Bonchev–Trinajstić information content (AvgIpc) is 3.25. The molecule has 6 heteroatoms. The lowest BCUT2D eigenvalue weighted by atomic mass is 9.92. The van der Waals surface area contributed by atoms with Gasteiger partial charge in [0, 0.05) is 24.6 Å². The van der Waals surface area contributed by atoms with Gasteiger partial charge in [-0.1, -0.05) is 0 Å². The second kappa shape index (κ2) is 6.66. The molecule has 1 atom stereocenters. The minimum atomic E-state index is -0.370. The average molecular weight is 319 g/mol. The fourth-order valence-electron chi connectivity index (χ4n) is 3.38. The highest BCUT2D eigenvalue weighted by Crippen LogP contribution is 2.58. The van der Waals surface area contributed by atoms with Crippen LogP contribution in [0.25, 0.3) is 0 Å². The summed E-state index contributed by atoms with van der Waals surface area (Å²) < 4.78 is 12.8. The second-order valence-electron chi connectivity index (χ2n) is 6.42. The van der Waals surface area contributed by atoms with E-state index in [1.165, 1.54) is 24.3 Å². The molecule has 5 nitrogen and oxygen atoms in total. The molecule has 1 aromatic rings. The van der Waals surface area contributed by atoms with Gasteiger partial charge in [-0.05, 0) is 62.0 Å². The molecule has 1 aromatic carbocycles. The number of hydrogen-bond donors (Lipinski definition) is 3. The Balaban J connectivity index is 1.36. The van der Waals surface area contributed by atoms with Crippen molar-refractivity contribution in [2.45, 2.75) is 19.3 Å². The van der Waals surface area contributed by atoms with Gasteiger partial charge in [0.2, 0.25) is 5.91 Å². The Labute approximate surface area is 135 Å². The highest BCUT2D eigenvalue weighted by molar-refractivity contribution is 5.94. The maximum absolute atomic E-state index is 12.8. The molecule has 2 amide bonds. The highest BCUT2D eigenvalue weighted by atomic mass is 19.1. The largest absolute Gasteiger partial charge is 0.354 e. The van der Waals surface area contributed by atoms with Crippen molar-refractivity contribution in [2.75, 3.05) is 26.2 Å². The van der Waals surface area contributed by atoms with Crippen molar-refractivity contribution in [1.29, 1.82) is 0 Å². The first-order chi connectivity index (χ1) is 11.1. The fraction of sp³-hybridized carbons (Fsp3) is 0.529. The standard InChI is InChI=1S/C17H22FN3O2/c18-13-3-1-12(2-4-13)15(22)20-9-10-21-16(23)14-11-17(14)5-7-19-8-6-17/h1-4,14,19H,5-11H2,(H,20,22)(H,21,23)/t14-/m1/s1. The zero-order valence-electron chi connectivity index (χ0n) is 13.0. The number of amides is 2. The summed E-state index contributed by atoms with van der Waals surface area (Å²) >= 11 is 0. The number of carbonyl (C=O) groups is 2. The lowest BCUT2D eigenvalue weighted by Crippen LogP contribution is -2.37. The van der Waals surface area contributed by atoms with E-state index in [9.17, 15) is 14.0 Å². The van der Waals surface area contributed by atoms with Gasteiger partial charge < -0.3 is 16.0 Å². The molecule has 2 aliphatic rings. The molecule has 124 valence electrons. The van der Waals surface area contributed by atoms with E-state index in [0.717, 1.165) is 32.4 Å². The van der Waals surface area contributed by atoms with Gasteiger partial charge in [0.25, 0.3) is 5.91 Å². The summed E-state index contributed by atoms with van der Waals surface area (Å²) in [5.41, 5.74) is 0.640. The van der Waals surface area contributed by atoms with E-state index in [2.05, 4.69) is 16.0 Å². The van der Waals surface area contributed by atoms with Crippen LogP contribution in [0.3, 0.4) is 0 Å². The summed E-state index contributed by atoms with van der Waals surface area (Å²) in [5, 5.41) is 8.94. The molecule has 2 fully saturated rings. The third-order valence-corrected chi connectivity index (χ3v) is 4.92. The molecule has 0 radical (unpaired) electrons. The van der Waals surface area contributed by atoms with Gasteiger partial charge >= 0.3 is 0 Å². The van der Waals surface area contributed by atoms with Crippen molar-refractivity contribution < 1.29 is 14.0 Å². The van der Waals surface area contributed by atoms with Crippen molar-refractivity contribution >= 4 is 11.8 Å². The van der Waals surface area contributed by atoms with Crippen LogP contribution < -0.4 is 16.0 Å². The Morgan fingerprint density at radius 2 is 1.78 bits per heavy atom. The second-order valence-corrected chi connectivity index (χ2v) is 6.42. The molecular formula is C17H22FN3O2. The minimum absolute atomic E-state index is 0.0999. The Bertz CT molecular complexity index is 582. The monoisotopic (exact) mass is 319 g/mol. The Kier molecular flexibility index (Phi) is 4.61. The van der Waals surface area contributed by atoms with E-state index >= 15 is 0 Å². The zero-order chi connectivity index (χ0) is 16.3. The van der Waals surface area contributed by atoms with Crippen LogP contribution in [-0.4, -0.2) is 38.0 Å².